The number of hydrogen-bond acceptors (Lipinski definition) is 6. The topological polar surface area (TPSA) is 71.4 Å². The standard InChI is InChI=1S/C12H19ClN4O2/c1-2-6-19-12-15-10(13)14-11(16-12)17-5-3-4-9(7-17)8-18/h9,18H,2-8H2,1H3. The van der Waals surface area contributed by atoms with Gasteiger partial charge < -0.3 is 14.7 Å². The number of piperidine rings is 1. The van der Waals surface area contributed by atoms with Gasteiger partial charge in [-0.25, -0.2) is 0 Å². The summed E-state index contributed by atoms with van der Waals surface area (Å²) in [5.41, 5.74) is 0. The van der Waals surface area contributed by atoms with E-state index in [9.17, 15) is 5.11 Å². The summed E-state index contributed by atoms with van der Waals surface area (Å²) >= 11 is 5.90. The van der Waals surface area contributed by atoms with E-state index >= 15 is 0 Å². The zero-order chi connectivity index (χ0) is 13.7. The summed E-state index contributed by atoms with van der Waals surface area (Å²) in [5, 5.41) is 9.39. The van der Waals surface area contributed by atoms with E-state index in [-0.39, 0.29) is 23.8 Å². The zero-order valence-electron chi connectivity index (χ0n) is 11.0. The molecule has 19 heavy (non-hydrogen) atoms. The number of anilines is 1. The van der Waals surface area contributed by atoms with Crippen molar-refractivity contribution in [1.82, 2.24) is 15.0 Å². The first-order valence-corrected chi connectivity index (χ1v) is 7.01. The van der Waals surface area contributed by atoms with E-state index in [1.807, 2.05) is 11.8 Å². The third-order valence-corrected chi connectivity index (χ3v) is 3.24. The van der Waals surface area contributed by atoms with Gasteiger partial charge in [0.15, 0.2) is 0 Å². The summed E-state index contributed by atoms with van der Waals surface area (Å²) in [6.07, 6.45) is 2.93. The molecule has 0 aromatic carbocycles. The first-order valence-electron chi connectivity index (χ1n) is 6.63. The van der Waals surface area contributed by atoms with Crippen LogP contribution in [0.15, 0.2) is 0 Å². The molecule has 0 bridgehead atoms. The molecule has 1 atom stereocenters. The molecule has 6 nitrogen and oxygen atoms in total. The molecular weight excluding hydrogens is 268 g/mol. The predicted octanol–water partition coefficient (Wildman–Crippen LogP) is 1.52. The third-order valence-electron chi connectivity index (χ3n) is 3.07. The summed E-state index contributed by atoms with van der Waals surface area (Å²) in [7, 11) is 0. The summed E-state index contributed by atoms with van der Waals surface area (Å²) in [6, 6.07) is 0.267. The number of rotatable bonds is 5. The Bertz CT molecular complexity index is 419. The molecule has 1 aliphatic rings. The van der Waals surface area contributed by atoms with Crippen LogP contribution in [0.4, 0.5) is 5.95 Å². The molecule has 7 heteroatoms. The lowest BCUT2D eigenvalue weighted by atomic mass is 9.99. The van der Waals surface area contributed by atoms with Crippen LogP contribution < -0.4 is 9.64 Å². The van der Waals surface area contributed by atoms with E-state index in [1.54, 1.807) is 0 Å². The Morgan fingerprint density at radius 2 is 2.26 bits per heavy atom. The van der Waals surface area contributed by atoms with Gasteiger partial charge in [-0.2, -0.15) is 15.0 Å². The fourth-order valence-corrected chi connectivity index (χ4v) is 2.26. The second kappa shape index (κ2) is 6.86. The highest BCUT2D eigenvalue weighted by Crippen LogP contribution is 2.22. The summed E-state index contributed by atoms with van der Waals surface area (Å²) in [6.45, 7) is 4.36. The average molecular weight is 287 g/mol. The van der Waals surface area contributed by atoms with Gasteiger partial charge in [-0.1, -0.05) is 6.92 Å². The van der Waals surface area contributed by atoms with Crippen LogP contribution in [0, 0.1) is 5.92 Å². The van der Waals surface area contributed by atoms with Crippen molar-refractivity contribution in [1.29, 1.82) is 0 Å². The van der Waals surface area contributed by atoms with Crippen LogP contribution in [0.3, 0.4) is 0 Å². The molecule has 1 unspecified atom stereocenters. The fraction of sp³-hybridized carbons (Fsp3) is 0.750. The van der Waals surface area contributed by atoms with Gasteiger partial charge in [0.05, 0.1) is 6.61 Å². The van der Waals surface area contributed by atoms with E-state index in [2.05, 4.69) is 15.0 Å². The number of ether oxygens (including phenoxy) is 1. The third kappa shape index (κ3) is 3.91. The normalized spacial score (nSPS) is 19.5. The van der Waals surface area contributed by atoms with Crippen molar-refractivity contribution in [3.05, 3.63) is 5.28 Å². The van der Waals surface area contributed by atoms with Gasteiger partial charge >= 0.3 is 6.01 Å². The van der Waals surface area contributed by atoms with Crippen LogP contribution in [-0.2, 0) is 0 Å². The van der Waals surface area contributed by atoms with Crippen molar-refractivity contribution in [3.63, 3.8) is 0 Å². The van der Waals surface area contributed by atoms with Crippen LogP contribution in [0.2, 0.25) is 5.28 Å². The molecule has 0 saturated carbocycles. The molecule has 1 fully saturated rings. The molecule has 1 aromatic heterocycles. The molecule has 0 radical (unpaired) electrons. The van der Waals surface area contributed by atoms with E-state index in [4.69, 9.17) is 16.3 Å². The van der Waals surface area contributed by atoms with E-state index in [0.29, 0.717) is 12.6 Å². The average Bonchev–Trinajstić information content (AvgIpc) is 2.44. The number of aliphatic hydroxyl groups is 1. The van der Waals surface area contributed by atoms with Gasteiger partial charge in [-0.15, -0.1) is 0 Å². The van der Waals surface area contributed by atoms with Crippen LogP contribution in [0.1, 0.15) is 26.2 Å². The van der Waals surface area contributed by atoms with Crippen molar-refractivity contribution in [2.24, 2.45) is 5.92 Å². The number of hydrogen-bond donors (Lipinski definition) is 1. The highest BCUT2D eigenvalue weighted by Gasteiger charge is 2.22. The van der Waals surface area contributed by atoms with E-state index in [1.165, 1.54) is 0 Å². The number of aliphatic hydroxyl groups excluding tert-OH is 1. The fourth-order valence-electron chi connectivity index (χ4n) is 2.12. The molecule has 0 amide bonds. The van der Waals surface area contributed by atoms with Gasteiger partial charge in [-0.05, 0) is 36.8 Å². The molecule has 1 aliphatic heterocycles. The van der Waals surface area contributed by atoms with Crippen LogP contribution in [0.25, 0.3) is 0 Å². The quantitative estimate of drug-likeness (QED) is 0.885. The second-order valence-electron chi connectivity index (χ2n) is 4.67. The Morgan fingerprint density at radius 3 is 3.00 bits per heavy atom. The molecule has 106 valence electrons. The van der Waals surface area contributed by atoms with Crippen LogP contribution >= 0.6 is 11.6 Å². The summed E-state index contributed by atoms with van der Waals surface area (Å²) < 4.78 is 5.40. The molecular formula is C12H19ClN4O2. The minimum Gasteiger partial charge on any atom is -0.463 e. The van der Waals surface area contributed by atoms with Crippen molar-refractivity contribution in [3.8, 4) is 6.01 Å². The van der Waals surface area contributed by atoms with Crippen LogP contribution in [-0.4, -0.2) is 46.4 Å². The molecule has 0 aliphatic carbocycles. The molecule has 1 aromatic rings. The smallest absolute Gasteiger partial charge is 0.322 e. The van der Waals surface area contributed by atoms with Crippen molar-refractivity contribution >= 4 is 17.5 Å². The maximum Gasteiger partial charge on any atom is 0.322 e. The second-order valence-corrected chi connectivity index (χ2v) is 5.01. The Hall–Kier alpha value is -1.14. The maximum absolute atomic E-state index is 9.25. The Balaban J connectivity index is 2.11. The van der Waals surface area contributed by atoms with Crippen molar-refractivity contribution < 1.29 is 9.84 Å². The lowest BCUT2D eigenvalue weighted by Crippen LogP contribution is -2.38. The Labute approximate surface area is 117 Å². The number of nitrogens with zero attached hydrogens (tertiary/aromatic N) is 4. The van der Waals surface area contributed by atoms with Gasteiger partial charge in [-0.3, -0.25) is 0 Å². The molecule has 1 saturated heterocycles. The monoisotopic (exact) mass is 286 g/mol. The van der Waals surface area contributed by atoms with Gasteiger partial charge in [0, 0.05) is 19.7 Å². The first kappa shape index (κ1) is 14.3. The number of aromatic nitrogens is 3. The Morgan fingerprint density at radius 1 is 1.42 bits per heavy atom. The van der Waals surface area contributed by atoms with Gasteiger partial charge in [0.2, 0.25) is 11.2 Å². The zero-order valence-corrected chi connectivity index (χ0v) is 11.8. The molecule has 2 heterocycles. The molecule has 0 spiro atoms. The molecule has 1 N–H and O–H groups in total. The lowest BCUT2D eigenvalue weighted by molar-refractivity contribution is 0.208. The number of halogens is 1. The maximum atomic E-state index is 9.25. The summed E-state index contributed by atoms with van der Waals surface area (Å²) in [4.78, 5) is 14.4. The van der Waals surface area contributed by atoms with Gasteiger partial charge in [0.1, 0.15) is 0 Å². The van der Waals surface area contributed by atoms with E-state index in [0.717, 1.165) is 32.4 Å². The van der Waals surface area contributed by atoms with Gasteiger partial charge in [0.25, 0.3) is 0 Å². The van der Waals surface area contributed by atoms with Crippen LogP contribution in [0.5, 0.6) is 6.01 Å². The first-order chi connectivity index (χ1) is 9.22. The van der Waals surface area contributed by atoms with Crippen molar-refractivity contribution in [2.45, 2.75) is 26.2 Å². The SMILES string of the molecule is CCCOc1nc(Cl)nc(N2CCCC(CO)C2)n1. The predicted molar refractivity (Wildman–Crippen MR) is 72.6 cm³/mol. The minimum atomic E-state index is 0.141. The Kier molecular flexibility index (Phi) is 5.15. The minimum absolute atomic E-state index is 0.141. The molecule has 2 rings (SSSR count). The van der Waals surface area contributed by atoms with Crippen molar-refractivity contribution in [2.75, 3.05) is 31.2 Å². The van der Waals surface area contributed by atoms with E-state index < -0.39 is 0 Å². The highest BCUT2D eigenvalue weighted by atomic mass is 35.5. The highest BCUT2D eigenvalue weighted by molar-refractivity contribution is 6.28. The summed E-state index contributed by atoms with van der Waals surface area (Å²) in [5.74, 6) is 0.800. The lowest BCUT2D eigenvalue weighted by Gasteiger charge is -2.31. The largest absolute Gasteiger partial charge is 0.463 e.